The van der Waals surface area contributed by atoms with E-state index >= 15 is 0 Å². The molecule has 106 valence electrons. The van der Waals surface area contributed by atoms with Crippen LogP contribution in [0.2, 0.25) is 0 Å². The minimum atomic E-state index is -0.365. The third-order valence-electron chi connectivity index (χ3n) is 3.60. The summed E-state index contributed by atoms with van der Waals surface area (Å²) < 4.78 is 7.14. The van der Waals surface area contributed by atoms with Gasteiger partial charge in [0.25, 0.3) is 0 Å². The van der Waals surface area contributed by atoms with Crippen molar-refractivity contribution in [3.63, 3.8) is 0 Å². The van der Waals surface area contributed by atoms with Gasteiger partial charge >= 0.3 is 6.09 Å². The minimum Gasteiger partial charge on any atom is -0.449 e. The van der Waals surface area contributed by atoms with Crippen molar-refractivity contribution >= 4 is 6.09 Å². The predicted octanol–water partition coefficient (Wildman–Crippen LogP) is 2.10. The first-order valence-corrected chi connectivity index (χ1v) is 7.07. The Balaban J connectivity index is 1.66. The summed E-state index contributed by atoms with van der Waals surface area (Å²) in [7, 11) is 0. The van der Waals surface area contributed by atoms with E-state index in [1.165, 1.54) is 32.1 Å². The van der Waals surface area contributed by atoms with E-state index in [2.05, 4.69) is 15.5 Å². The van der Waals surface area contributed by atoms with Crippen LogP contribution in [0.25, 0.3) is 0 Å². The lowest BCUT2D eigenvalue weighted by molar-refractivity contribution is 0.115. The van der Waals surface area contributed by atoms with E-state index in [4.69, 9.17) is 4.74 Å². The Kier molecular flexibility index (Phi) is 5.18. The lowest BCUT2D eigenvalue weighted by atomic mass is 9.90. The Labute approximate surface area is 113 Å². The summed E-state index contributed by atoms with van der Waals surface area (Å²) in [6, 6.07) is 0. The summed E-state index contributed by atoms with van der Waals surface area (Å²) in [6.45, 7) is 3.69. The Bertz CT molecular complexity index is 399. The molecule has 1 fully saturated rings. The molecule has 0 radical (unpaired) electrons. The number of hydrogen-bond donors (Lipinski definition) is 1. The quantitative estimate of drug-likeness (QED) is 0.886. The summed E-state index contributed by atoms with van der Waals surface area (Å²) in [6.07, 6.45) is 7.48. The van der Waals surface area contributed by atoms with Crippen LogP contribution < -0.4 is 5.32 Å². The SMILES string of the molecule is CCn1cnnc1CNC(=O)OCC1CCCCC1. The van der Waals surface area contributed by atoms with E-state index in [0.717, 1.165) is 12.4 Å². The molecule has 1 heterocycles. The maximum Gasteiger partial charge on any atom is 0.407 e. The molecule has 1 aromatic heterocycles. The van der Waals surface area contributed by atoms with Crippen molar-refractivity contribution in [2.75, 3.05) is 6.61 Å². The molecule has 0 saturated heterocycles. The molecule has 1 N–H and O–H groups in total. The largest absolute Gasteiger partial charge is 0.449 e. The van der Waals surface area contributed by atoms with E-state index in [9.17, 15) is 4.79 Å². The van der Waals surface area contributed by atoms with E-state index < -0.39 is 0 Å². The zero-order valence-electron chi connectivity index (χ0n) is 11.5. The van der Waals surface area contributed by atoms with Gasteiger partial charge in [0.05, 0.1) is 13.2 Å². The van der Waals surface area contributed by atoms with Gasteiger partial charge < -0.3 is 14.6 Å². The summed E-state index contributed by atoms with van der Waals surface area (Å²) in [5, 5.41) is 10.5. The molecule has 0 aromatic carbocycles. The van der Waals surface area contributed by atoms with Crippen molar-refractivity contribution in [3.8, 4) is 0 Å². The molecule has 1 aliphatic rings. The monoisotopic (exact) mass is 266 g/mol. The van der Waals surface area contributed by atoms with Gasteiger partial charge in [0.15, 0.2) is 5.82 Å². The van der Waals surface area contributed by atoms with Gasteiger partial charge in [-0.15, -0.1) is 10.2 Å². The topological polar surface area (TPSA) is 69.0 Å². The molecule has 0 spiro atoms. The molecule has 6 nitrogen and oxygen atoms in total. The Hall–Kier alpha value is -1.59. The van der Waals surface area contributed by atoms with Crippen LogP contribution in [0.15, 0.2) is 6.33 Å². The van der Waals surface area contributed by atoms with E-state index in [1.807, 2.05) is 11.5 Å². The lowest BCUT2D eigenvalue weighted by Crippen LogP contribution is -2.27. The minimum absolute atomic E-state index is 0.358. The first kappa shape index (κ1) is 13.8. The van der Waals surface area contributed by atoms with Crippen LogP contribution in [0.3, 0.4) is 0 Å². The Morgan fingerprint density at radius 3 is 3.00 bits per heavy atom. The molecule has 19 heavy (non-hydrogen) atoms. The van der Waals surface area contributed by atoms with Gasteiger partial charge in [0, 0.05) is 6.54 Å². The van der Waals surface area contributed by atoms with Gasteiger partial charge in [-0.2, -0.15) is 0 Å². The Morgan fingerprint density at radius 2 is 2.26 bits per heavy atom. The molecule has 1 aromatic rings. The standard InChI is InChI=1S/C13H22N4O2/c1-2-17-10-15-16-12(17)8-14-13(18)19-9-11-6-4-3-5-7-11/h10-11H,2-9H2,1H3,(H,14,18). The lowest BCUT2D eigenvalue weighted by Gasteiger charge is -2.21. The number of alkyl carbamates (subject to hydrolysis) is 1. The van der Waals surface area contributed by atoms with Gasteiger partial charge in [0.2, 0.25) is 0 Å². The van der Waals surface area contributed by atoms with Crippen LogP contribution in [0.5, 0.6) is 0 Å². The molecule has 1 amide bonds. The van der Waals surface area contributed by atoms with E-state index in [1.54, 1.807) is 6.33 Å². The molecule has 2 rings (SSSR count). The van der Waals surface area contributed by atoms with Crippen LogP contribution >= 0.6 is 0 Å². The molecule has 1 saturated carbocycles. The molecule has 0 bridgehead atoms. The second-order valence-corrected chi connectivity index (χ2v) is 4.99. The molecule has 0 atom stereocenters. The average Bonchev–Trinajstić information content (AvgIpc) is 2.91. The van der Waals surface area contributed by atoms with E-state index in [-0.39, 0.29) is 6.09 Å². The average molecular weight is 266 g/mol. The Morgan fingerprint density at radius 1 is 1.47 bits per heavy atom. The van der Waals surface area contributed by atoms with Crippen LogP contribution in [-0.2, 0) is 17.8 Å². The highest BCUT2D eigenvalue weighted by molar-refractivity contribution is 5.66. The van der Waals surface area contributed by atoms with Crippen LogP contribution in [0, 0.1) is 5.92 Å². The first-order valence-electron chi connectivity index (χ1n) is 7.07. The molecule has 6 heteroatoms. The van der Waals surface area contributed by atoms with Crippen LogP contribution in [-0.4, -0.2) is 27.5 Å². The highest BCUT2D eigenvalue weighted by Crippen LogP contribution is 2.23. The number of aryl methyl sites for hydroxylation is 1. The fourth-order valence-corrected chi connectivity index (χ4v) is 2.43. The number of nitrogens with one attached hydrogen (secondary N) is 1. The second kappa shape index (κ2) is 7.11. The van der Waals surface area contributed by atoms with Crippen molar-refractivity contribution in [2.24, 2.45) is 5.92 Å². The number of aromatic nitrogens is 3. The third kappa shape index (κ3) is 4.22. The fourth-order valence-electron chi connectivity index (χ4n) is 2.43. The summed E-state index contributed by atoms with van der Waals surface area (Å²) in [4.78, 5) is 11.6. The number of carbonyl (C=O) groups excluding carboxylic acids is 1. The zero-order chi connectivity index (χ0) is 13.5. The fraction of sp³-hybridized carbons (Fsp3) is 0.769. The van der Waals surface area contributed by atoms with Gasteiger partial charge in [-0.25, -0.2) is 4.79 Å². The van der Waals surface area contributed by atoms with Crippen LogP contribution in [0.4, 0.5) is 4.79 Å². The maximum atomic E-state index is 11.6. The number of rotatable bonds is 5. The number of ether oxygens (including phenoxy) is 1. The molecular formula is C13H22N4O2. The van der Waals surface area contributed by atoms with E-state index in [0.29, 0.717) is 19.1 Å². The first-order chi connectivity index (χ1) is 9.29. The molecule has 1 aliphatic carbocycles. The summed E-state index contributed by atoms with van der Waals surface area (Å²) >= 11 is 0. The van der Waals surface area contributed by atoms with Crippen molar-refractivity contribution < 1.29 is 9.53 Å². The highest BCUT2D eigenvalue weighted by atomic mass is 16.5. The zero-order valence-corrected chi connectivity index (χ0v) is 11.5. The number of amides is 1. The summed E-state index contributed by atoms with van der Waals surface area (Å²) in [5.74, 6) is 1.29. The maximum absolute atomic E-state index is 11.6. The van der Waals surface area contributed by atoms with Gasteiger partial charge in [-0.1, -0.05) is 19.3 Å². The molecule has 0 aliphatic heterocycles. The normalized spacial score (nSPS) is 16.3. The number of carbonyl (C=O) groups is 1. The van der Waals surface area contributed by atoms with Crippen molar-refractivity contribution in [1.29, 1.82) is 0 Å². The number of nitrogens with zero attached hydrogens (tertiary/aromatic N) is 3. The third-order valence-corrected chi connectivity index (χ3v) is 3.60. The smallest absolute Gasteiger partial charge is 0.407 e. The van der Waals surface area contributed by atoms with Gasteiger partial charge in [0.1, 0.15) is 6.33 Å². The summed E-state index contributed by atoms with van der Waals surface area (Å²) in [5.41, 5.74) is 0. The molecule has 0 unspecified atom stereocenters. The highest BCUT2D eigenvalue weighted by Gasteiger charge is 2.15. The molecular weight excluding hydrogens is 244 g/mol. The van der Waals surface area contributed by atoms with Crippen molar-refractivity contribution in [2.45, 2.75) is 52.1 Å². The predicted molar refractivity (Wildman–Crippen MR) is 70.5 cm³/mol. The van der Waals surface area contributed by atoms with Crippen molar-refractivity contribution in [1.82, 2.24) is 20.1 Å². The van der Waals surface area contributed by atoms with Crippen LogP contribution in [0.1, 0.15) is 44.9 Å². The van der Waals surface area contributed by atoms with Gasteiger partial charge in [-0.05, 0) is 25.7 Å². The second-order valence-electron chi connectivity index (χ2n) is 4.99. The van der Waals surface area contributed by atoms with Crippen molar-refractivity contribution in [3.05, 3.63) is 12.2 Å². The van der Waals surface area contributed by atoms with Gasteiger partial charge in [-0.3, -0.25) is 0 Å². The number of hydrogen-bond acceptors (Lipinski definition) is 4.